The minimum atomic E-state index is 0.101. The molecule has 1 fully saturated rings. The third-order valence-corrected chi connectivity index (χ3v) is 4.25. The Hall–Kier alpha value is -0.790. The summed E-state index contributed by atoms with van der Waals surface area (Å²) in [5.41, 5.74) is 1.17. The van der Waals surface area contributed by atoms with E-state index in [0.717, 1.165) is 30.6 Å². The van der Waals surface area contributed by atoms with Crippen molar-refractivity contribution in [3.8, 4) is 0 Å². The largest absolute Gasteiger partial charge is 0.494 e. The molecule has 0 radical (unpaired) electrons. The average molecular weight is 220 g/mol. The number of hydrogen-bond donors (Lipinski definition) is 0. The second-order valence-electron chi connectivity index (χ2n) is 6.33. The smallest absolute Gasteiger partial charge is 0.163 e. The highest BCUT2D eigenvalue weighted by atomic mass is 16.5. The normalized spacial score (nSPS) is 36.8. The molecule has 0 aromatic heterocycles. The maximum Gasteiger partial charge on any atom is 0.163 e. The summed E-state index contributed by atoms with van der Waals surface area (Å²) in [5, 5.41) is 0. The molecule has 0 unspecified atom stereocenters. The molecule has 3 rings (SSSR count). The van der Waals surface area contributed by atoms with Crippen LogP contribution in [-0.4, -0.2) is 11.9 Å². The van der Waals surface area contributed by atoms with E-state index in [0.29, 0.717) is 24.2 Å². The van der Waals surface area contributed by atoms with Crippen LogP contribution in [0.1, 0.15) is 52.4 Å². The number of carbonyl (C=O) groups excluding carboxylic acids is 1. The lowest BCUT2D eigenvalue weighted by Gasteiger charge is -2.29. The van der Waals surface area contributed by atoms with Gasteiger partial charge in [-0.05, 0) is 24.7 Å². The summed E-state index contributed by atoms with van der Waals surface area (Å²) < 4.78 is 6.03. The lowest BCUT2D eigenvalue weighted by molar-refractivity contribution is -0.118. The number of fused-ring (bicyclic) bond motifs is 2. The van der Waals surface area contributed by atoms with Crippen molar-refractivity contribution >= 4 is 5.78 Å². The van der Waals surface area contributed by atoms with Crippen molar-refractivity contribution in [2.24, 2.45) is 11.3 Å². The molecule has 2 atom stereocenters. The Labute approximate surface area is 97.1 Å². The topological polar surface area (TPSA) is 26.3 Å². The van der Waals surface area contributed by atoms with Crippen LogP contribution in [0.4, 0.5) is 0 Å². The van der Waals surface area contributed by atoms with Gasteiger partial charge in [0.15, 0.2) is 5.78 Å². The number of carbonyl (C=O) groups is 1. The molecule has 1 heterocycles. The predicted molar refractivity (Wildman–Crippen MR) is 61.9 cm³/mol. The highest BCUT2D eigenvalue weighted by molar-refractivity contribution is 5.98. The van der Waals surface area contributed by atoms with Crippen LogP contribution in [0.25, 0.3) is 0 Å². The highest BCUT2D eigenvalue weighted by Gasteiger charge is 2.46. The van der Waals surface area contributed by atoms with Crippen LogP contribution >= 0.6 is 0 Å². The number of allylic oxidation sites excluding steroid dienone is 1. The number of rotatable bonds is 0. The van der Waals surface area contributed by atoms with E-state index in [1.54, 1.807) is 0 Å². The van der Waals surface area contributed by atoms with Gasteiger partial charge in [0.05, 0.1) is 0 Å². The van der Waals surface area contributed by atoms with Gasteiger partial charge in [0.2, 0.25) is 0 Å². The van der Waals surface area contributed by atoms with Crippen LogP contribution in [0.2, 0.25) is 0 Å². The van der Waals surface area contributed by atoms with Crippen molar-refractivity contribution in [1.82, 2.24) is 0 Å². The van der Waals surface area contributed by atoms with Crippen LogP contribution in [0.15, 0.2) is 11.3 Å². The SMILES string of the molecule is CC1(C)CC(=O)C2=C(C1)O[C@H]1CCCC[C@@H]21. The molecule has 0 N–H and O–H groups in total. The molecule has 1 saturated carbocycles. The van der Waals surface area contributed by atoms with Crippen molar-refractivity contribution in [3.05, 3.63) is 11.3 Å². The Morgan fingerprint density at radius 3 is 2.75 bits per heavy atom. The second kappa shape index (κ2) is 3.35. The zero-order valence-electron chi connectivity index (χ0n) is 10.2. The molecule has 2 heteroatoms. The Kier molecular flexibility index (Phi) is 2.17. The van der Waals surface area contributed by atoms with Gasteiger partial charge in [0.25, 0.3) is 0 Å². The van der Waals surface area contributed by atoms with Crippen LogP contribution in [0, 0.1) is 11.3 Å². The molecular formula is C14H20O2. The van der Waals surface area contributed by atoms with Crippen molar-refractivity contribution < 1.29 is 9.53 Å². The van der Waals surface area contributed by atoms with Gasteiger partial charge in [-0.1, -0.05) is 20.3 Å². The van der Waals surface area contributed by atoms with E-state index in [2.05, 4.69) is 13.8 Å². The summed E-state index contributed by atoms with van der Waals surface area (Å²) in [6.07, 6.45) is 6.83. The zero-order valence-corrected chi connectivity index (χ0v) is 10.2. The lowest BCUT2D eigenvalue weighted by atomic mass is 9.72. The fourth-order valence-electron chi connectivity index (χ4n) is 3.55. The molecule has 0 bridgehead atoms. The first-order valence-corrected chi connectivity index (χ1v) is 6.50. The molecule has 0 saturated heterocycles. The van der Waals surface area contributed by atoms with Gasteiger partial charge in [0, 0.05) is 24.3 Å². The number of hydrogen-bond acceptors (Lipinski definition) is 2. The zero-order chi connectivity index (χ0) is 11.3. The van der Waals surface area contributed by atoms with E-state index in [9.17, 15) is 4.79 Å². The Morgan fingerprint density at radius 2 is 1.94 bits per heavy atom. The molecule has 2 aliphatic carbocycles. The average Bonchev–Trinajstić information content (AvgIpc) is 2.52. The minimum Gasteiger partial charge on any atom is -0.494 e. The standard InChI is InChI=1S/C14H20O2/c1-14(2)7-10(15)13-9-5-3-4-6-11(9)16-12(13)8-14/h9,11H,3-8H2,1-2H3/t9-,11+/m1/s1. The maximum absolute atomic E-state index is 12.2. The van der Waals surface area contributed by atoms with Crippen LogP contribution < -0.4 is 0 Å². The van der Waals surface area contributed by atoms with Crippen LogP contribution in [0.3, 0.4) is 0 Å². The Morgan fingerprint density at radius 1 is 1.19 bits per heavy atom. The van der Waals surface area contributed by atoms with Crippen molar-refractivity contribution in [1.29, 1.82) is 0 Å². The van der Waals surface area contributed by atoms with E-state index in [1.165, 1.54) is 12.8 Å². The lowest BCUT2D eigenvalue weighted by Crippen LogP contribution is -2.28. The molecule has 1 aliphatic heterocycles. The van der Waals surface area contributed by atoms with Gasteiger partial charge in [0.1, 0.15) is 11.9 Å². The summed E-state index contributed by atoms with van der Waals surface area (Å²) in [7, 11) is 0. The molecule has 0 aromatic carbocycles. The van der Waals surface area contributed by atoms with E-state index < -0.39 is 0 Å². The fourth-order valence-corrected chi connectivity index (χ4v) is 3.55. The first-order valence-electron chi connectivity index (χ1n) is 6.50. The summed E-state index contributed by atoms with van der Waals surface area (Å²) in [6, 6.07) is 0. The molecular weight excluding hydrogens is 200 g/mol. The molecule has 16 heavy (non-hydrogen) atoms. The number of ether oxygens (including phenoxy) is 1. The van der Waals surface area contributed by atoms with E-state index in [4.69, 9.17) is 4.74 Å². The predicted octanol–water partition coefficient (Wildman–Crippen LogP) is 3.22. The summed E-state index contributed by atoms with van der Waals surface area (Å²) >= 11 is 0. The van der Waals surface area contributed by atoms with Gasteiger partial charge in [-0.15, -0.1) is 0 Å². The van der Waals surface area contributed by atoms with Crippen molar-refractivity contribution in [2.75, 3.05) is 0 Å². The van der Waals surface area contributed by atoms with E-state index >= 15 is 0 Å². The molecule has 0 aromatic rings. The quantitative estimate of drug-likeness (QED) is 0.626. The molecule has 2 nitrogen and oxygen atoms in total. The van der Waals surface area contributed by atoms with Crippen LogP contribution in [0.5, 0.6) is 0 Å². The van der Waals surface area contributed by atoms with E-state index in [1.807, 2.05) is 0 Å². The summed E-state index contributed by atoms with van der Waals surface area (Å²) in [4.78, 5) is 12.2. The summed E-state index contributed by atoms with van der Waals surface area (Å²) in [6.45, 7) is 4.33. The maximum atomic E-state index is 12.2. The Balaban J connectivity index is 1.93. The molecule has 88 valence electrons. The third kappa shape index (κ3) is 1.50. The van der Waals surface area contributed by atoms with Gasteiger partial charge in [-0.2, -0.15) is 0 Å². The van der Waals surface area contributed by atoms with Gasteiger partial charge in [-0.25, -0.2) is 0 Å². The number of Topliss-reactive ketones (excluding diaryl/α,β-unsaturated/α-hetero) is 1. The highest BCUT2D eigenvalue weighted by Crippen LogP contribution is 2.48. The van der Waals surface area contributed by atoms with Crippen molar-refractivity contribution in [3.63, 3.8) is 0 Å². The molecule has 3 aliphatic rings. The Bertz CT molecular complexity index is 365. The fraction of sp³-hybridized carbons (Fsp3) is 0.786. The summed E-state index contributed by atoms with van der Waals surface area (Å²) in [5.74, 6) is 1.84. The first kappa shape index (κ1) is 10.4. The monoisotopic (exact) mass is 220 g/mol. The van der Waals surface area contributed by atoms with E-state index in [-0.39, 0.29) is 5.41 Å². The van der Waals surface area contributed by atoms with Gasteiger partial charge >= 0.3 is 0 Å². The van der Waals surface area contributed by atoms with Crippen LogP contribution in [-0.2, 0) is 9.53 Å². The van der Waals surface area contributed by atoms with Gasteiger partial charge < -0.3 is 4.74 Å². The first-order chi connectivity index (χ1) is 7.57. The molecule has 0 spiro atoms. The van der Waals surface area contributed by atoms with Gasteiger partial charge in [-0.3, -0.25) is 4.79 Å². The number of ketones is 1. The minimum absolute atomic E-state index is 0.101. The third-order valence-electron chi connectivity index (χ3n) is 4.25. The van der Waals surface area contributed by atoms with Crippen molar-refractivity contribution in [2.45, 2.75) is 58.5 Å². The second-order valence-corrected chi connectivity index (χ2v) is 6.33. The molecule has 0 amide bonds.